The van der Waals surface area contributed by atoms with Crippen LogP contribution < -0.4 is 14.8 Å². The minimum Gasteiger partial charge on any atom is -0.493 e. The van der Waals surface area contributed by atoms with Crippen molar-refractivity contribution in [2.45, 2.75) is 25.7 Å². The van der Waals surface area contributed by atoms with Crippen LogP contribution in [0.25, 0.3) is 0 Å². The summed E-state index contributed by atoms with van der Waals surface area (Å²) in [7, 11) is 3.22. The van der Waals surface area contributed by atoms with Crippen LogP contribution in [0.4, 0.5) is 10.5 Å². The summed E-state index contributed by atoms with van der Waals surface area (Å²) in [4.78, 5) is 31.1. The number of aliphatic imine (C=N–C) groups is 1. The predicted molar refractivity (Wildman–Crippen MR) is 135 cm³/mol. The van der Waals surface area contributed by atoms with Gasteiger partial charge in [-0.2, -0.15) is 0 Å². The molecule has 0 radical (unpaired) electrons. The molecule has 2 amide bonds. The van der Waals surface area contributed by atoms with Crippen molar-refractivity contribution in [1.29, 1.82) is 0 Å². The van der Waals surface area contributed by atoms with Crippen molar-refractivity contribution >= 4 is 35.0 Å². The van der Waals surface area contributed by atoms with Gasteiger partial charge in [0, 0.05) is 48.0 Å². The fraction of sp³-hybridized carbons (Fsp3) is 0.423. The van der Waals surface area contributed by atoms with Crippen LogP contribution in [0.3, 0.4) is 0 Å². The summed E-state index contributed by atoms with van der Waals surface area (Å²) >= 11 is 5.94. The number of nitrogens with one attached hydrogen (secondary N) is 1. The number of rotatable bonds is 7. The molecular formula is C26H30ClN3O5. The molecule has 2 heterocycles. The highest BCUT2D eigenvalue weighted by Gasteiger charge is 2.34. The third-order valence-electron chi connectivity index (χ3n) is 6.77. The molecule has 2 N–H and O–H groups in total. The first-order chi connectivity index (χ1) is 16.9. The number of piperidine rings is 1. The van der Waals surface area contributed by atoms with Gasteiger partial charge in [0.25, 0.3) is 0 Å². The van der Waals surface area contributed by atoms with E-state index < -0.39 is 5.97 Å². The summed E-state index contributed by atoms with van der Waals surface area (Å²) < 4.78 is 11.0. The van der Waals surface area contributed by atoms with Crippen LogP contribution in [-0.4, -0.2) is 61.6 Å². The van der Waals surface area contributed by atoms with Gasteiger partial charge in [0.15, 0.2) is 11.5 Å². The molecule has 8 nitrogen and oxygen atoms in total. The zero-order valence-corrected chi connectivity index (χ0v) is 20.7. The maximum absolute atomic E-state index is 13.0. The van der Waals surface area contributed by atoms with Crippen LogP contribution in [-0.2, 0) is 11.2 Å². The molecule has 2 aromatic rings. The summed E-state index contributed by atoms with van der Waals surface area (Å²) in [6, 6.07) is 10.7. The molecular weight excluding hydrogens is 470 g/mol. The van der Waals surface area contributed by atoms with Gasteiger partial charge in [0.05, 0.1) is 14.2 Å². The van der Waals surface area contributed by atoms with E-state index in [1.807, 2.05) is 12.1 Å². The molecule has 2 aliphatic heterocycles. The maximum Gasteiger partial charge on any atom is 0.321 e. The molecule has 0 saturated carbocycles. The van der Waals surface area contributed by atoms with E-state index in [1.165, 1.54) is 0 Å². The topological polar surface area (TPSA) is 100 Å². The van der Waals surface area contributed by atoms with Crippen molar-refractivity contribution in [2.24, 2.45) is 16.8 Å². The van der Waals surface area contributed by atoms with Crippen molar-refractivity contribution in [3.8, 4) is 11.5 Å². The molecule has 2 aromatic carbocycles. The van der Waals surface area contributed by atoms with E-state index in [2.05, 4.69) is 5.32 Å². The summed E-state index contributed by atoms with van der Waals surface area (Å²) in [5.41, 5.74) is 3.73. The number of nitrogens with zero attached hydrogens (tertiary/aromatic N) is 2. The fourth-order valence-electron chi connectivity index (χ4n) is 4.94. The number of methoxy groups -OCH3 is 2. The Labute approximate surface area is 209 Å². The van der Waals surface area contributed by atoms with Crippen molar-refractivity contribution in [3.63, 3.8) is 0 Å². The summed E-state index contributed by atoms with van der Waals surface area (Å²) in [5.74, 6) is 0.417. The summed E-state index contributed by atoms with van der Waals surface area (Å²) in [6.45, 7) is 1.62. The molecule has 0 aliphatic carbocycles. The first kappa shape index (κ1) is 24.9. The largest absolute Gasteiger partial charge is 0.493 e. The fourth-order valence-corrected chi connectivity index (χ4v) is 5.07. The second kappa shape index (κ2) is 11.0. The van der Waals surface area contributed by atoms with Crippen LogP contribution in [0, 0.1) is 11.8 Å². The Morgan fingerprint density at radius 2 is 1.86 bits per heavy atom. The highest BCUT2D eigenvalue weighted by atomic mass is 35.5. The Hall–Kier alpha value is -3.26. The van der Waals surface area contributed by atoms with Crippen molar-refractivity contribution in [3.05, 3.63) is 52.5 Å². The van der Waals surface area contributed by atoms with E-state index in [-0.39, 0.29) is 24.3 Å². The maximum atomic E-state index is 13.0. The van der Waals surface area contributed by atoms with E-state index in [4.69, 9.17) is 26.1 Å². The second-order valence-corrected chi connectivity index (χ2v) is 9.37. The number of halogens is 1. The van der Waals surface area contributed by atoms with Crippen LogP contribution in [0.15, 0.2) is 41.4 Å². The number of urea groups is 1. The van der Waals surface area contributed by atoms with Gasteiger partial charge in [-0.25, -0.2) is 4.79 Å². The number of anilines is 1. The number of carbonyl (C=O) groups is 2. The zero-order valence-electron chi connectivity index (χ0n) is 19.9. The van der Waals surface area contributed by atoms with E-state index in [0.717, 1.165) is 23.3 Å². The minimum atomic E-state index is -0.823. The second-order valence-electron chi connectivity index (χ2n) is 8.94. The molecule has 1 saturated heterocycles. The van der Waals surface area contributed by atoms with Crippen LogP contribution in [0.5, 0.6) is 11.5 Å². The third-order valence-corrected chi connectivity index (χ3v) is 7.02. The number of carboxylic acid groups (broad SMARTS) is 1. The molecule has 0 bridgehead atoms. The number of amides is 2. The Bertz CT molecular complexity index is 1120. The van der Waals surface area contributed by atoms with Crippen molar-refractivity contribution < 1.29 is 24.2 Å². The number of carbonyl (C=O) groups excluding carboxylic acids is 1. The number of likely N-dealkylation sites (tertiary alicyclic amines) is 1. The van der Waals surface area contributed by atoms with E-state index in [0.29, 0.717) is 54.7 Å². The number of hydrogen-bond donors (Lipinski definition) is 2. The van der Waals surface area contributed by atoms with Crippen molar-refractivity contribution in [2.75, 3.05) is 39.2 Å². The van der Waals surface area contributed by atoms with Gasteiger partial charge in [0.1, 0.15) is 0 Å². The number of benzene rings is 2. The molecule has 0 aromatic heterocycles. The molecule has 186 valence electrons. The summed E-state index contributed by atoms with van der Waals surface area (Å²) in [5, 5.41) is 13.0. The minimum absolute atomic E-state index is 0.0337. The average molecular weight is 500 g/mol. The SMILES string of the molecule is COc1cc2c(cc1OC)C(CC1CN(C(=O)Nc3ccc(Cl)cc3)CCC1CC(=O)O)=NCC2. The molecule has 4 rings (SSSR count). The van der Waals surface area contributed by atoms with E-state index >= 15 is 0 Å². The molecule has 2 unspecified atom stereocenters. The first-order valence-corrected chi connectivity index (χ1v) is 12.1. The van der Waals surface area contributed by atoms with Gasteiger partial charge in [0.2, 0.25) is 0 Å². The highest BCUT2D eigenvalue weighted by molar-refractivity contribution is 6.30. The Balaban J connectivity index is 1.53. The van der Waals surface area contributed by atoms with Crippen LogP contribution in [0.1, 0.15) is 30.4 Å². The molecule has 2 atom stereocenters. The number of ether oxygens (including phenoxy) is 2. The first-order valence-electron chi connectivity index (χ1n) is 11.7. The molecule has 1 fully saturated rings. The Morgan fingerprint density at radius 3 is 2.54 bits per heavy atom. The smallest absolute Gasteiger partial charge is 0.321 e. The number of fused-ring (bicyclic) bond motifs is 1. The summed E-state index contributed by atoms with van der Waals surface area (Å²) in [6.07, 6.45) is 2.09. The highest BCUT2D eigenvalue weighted by Crippen LogP contribution is 2.36. The lowest BCUT2D eigenvalue weighted by Crippen LogP contribution is -2.46. The monoisotopic (exact) mass is 499 g/mol. The predicted octanol–water partition coefficient (Wildman–Crippen LogP) is 4.74. The zero-order chi connectivity index (χ0) is 24.9. The third kappa shape index (κ3) is 5.88. The molecule has 2 aliphatic rings. The van der Waals surface area contributed by atoms with E-state index in [1.54, 1.807) is 43.4 Å². The number of aliphatic carboxylic acids is 1. The lowest BCUT2D eigenvalue weighted by Gasteiger charge is -2.38. The molecule has 35 heavy (non-hydrogen) atoms. The van der Waals surface area contributed by atoms with Crippen LogP contribution >= 0.6 is 11.6 Å². The van der Waals surface area contributed by atoms with Gasteiger partial charge in [-0.15, -0.1) is 0 Å². The Kier molecular flexibility index (Phi) is 7.80. The molecule has 9 heteroatoms. The lowest BCUT2D eigenvalue weighted by atomic mass is 9.78. The van der Waals surface area contributed by atoms with Gasteiger partial charge < -0.3 is 24.8 Å². The van der Waals surface area contributed by atoms with E-state index in [9.17, 15) is 14.7 Å². The number of hydrogen-bond acceptors (Lipinski definition) is 5. The lowest BCUT2D eigenvalue weighted by molar-refractivity contribution is -0.138. The van der Waals surface area contributed by atoms with Gasteiger partial charge >= 0.3 is 12.0 Å². The quantitative estimate of drug-likeness (QED) is 0.573. The normalized spacial score (nSPS) is 19.4. The van der Waals surface area contributed by atoms with Gasteiger partial charge in [-0.05, 0) is 73.1 Å². The Morgan fingerprint density at radius 1 is 1.14 bits per heavy atom. The van der Waals surface area contributed by atoms with Gasteiger partial charge in [-0.1, -0.05) is 11.6 Å². The van der Waals surface area contributed by atoms with Gasteiger partial charge in [-0.3, -0.25) is 9.79 Å². The average Bonchev–Trinajstić information content (AvgIpc) is 2.85. The molecule has 0 spiro atoms. The van der Waals surface area contributed by atoms with Crippen molar-refractivity contribution in [1.82, 2.24) is 4.90 Å². The van der Waals surface area contributed by atoms with Crippen LogP contribution in [0.2, 0.25) is 5.02 Å². The number of carboxylic acids is 1. The standard InChI is InChI=1S/C26H30ClN3O5/c1-34-23-12-17-7-9-28-22(21(17)14-24(23)35-2)11-18-15-30(10-8-16(18)13-25(31)32)26(33)29-20-5-3-19(27)4-6-20/h3-6,12,14,16,18H,7-11,13,15H2,1-2H3,(H,29,33)(H,31,32).